The molecule has 1 aromatic rings. The van der Waals surface area contributed by atoms with Gasteiger partial charge in [0.1, 0.15) is 11.1 Å². The number of hydrogen-bond donors (Lipinski definition) is 2. The van der Waals surface area contributed by atoms with E-state index in [9.17, 15) is 17.6 Å². The summed E-state index contributed by atoms with van der Waals surface area (Å²) in [7, 11) is -3.96. The molecule has 0 aliphatic rings. The van der Waals surface area contributed by atoms with Gasteiger partial charge in [-0.2, -0.15) is 0 Å². The Balaban J connectivity index is 3.21. The SMILES string of the molecule is CCCCC(C(=O)NO)S(=O)(=O)c1ccc(F)c(C)c1. The van der Waals surface area contributed by atoms with E-state index < -0.39 is 26.8 Å². The Morgan fingerprint density at radius 3 is 2.60 bits per heavy atom. The molecule has 0 aliphatic heterocycles. The van der Waals surface area contributed by atoms with Gasteiger partial charge in [-0.3, -0.25) is 10.0 Å². The minimum atomic E-state index is -3.96. The van der Waals surface area contributed by atoms with Crippen LogP contribution in [0.1, 0.15) is 31.7 Å². The number of unbranched alkanes of at least 4 members (excludes halogenated alkanes) is 1. The number of benzene rings is 1. The predicted molar refractivity (Wildman–Crippen MR) is 71.6 cm³/mol. The molecule has 7 heteroatoms. The topological polar surface area (TPSA) is 83.5 Å². The fourth-order valence-electron chi connectivity index (χ4n) is 1.85. The van der Waals surface area contributed by atoms with Gasteiger partial charge < -0.3 is 0 Å². The van der Waals surface area contributed by atoms with E-state index in [-0.39, 0.29) is 16.9 Å². The van der Waals surface area contributed by atoms with Gasteiger partial charge in [0.05, 0.1) is 4.90 Å². The number of rotatable bonds is 6. The van der Waals surface area contributed by atoms with Gasteiger partial charge >= 0.3 is 0 Å². The number of amides is 1. The highest BCUT2D eigenvalue weighted by atomic mass is 32.2. The molecule has 0 heterocycles. The molecule has 2 N–H and O–H groups in total. The maximum Gasteiger partial charge on any atom is 0.262 e. The van der Waals surface area contributed by atoms with Crippen molar-refractivity contribution in [3.8, 4) is 0 Å². The highest BCUT2D eigenvalue weighted by Gasteiger charge is 2.33. The van der Waals surface area contributed by atoms with Crippen molar-refractivity contribution < 1.29 is 22.8 Å². The van der Waals surface area contributed by atoms with Gasteiger partial charge in [-0.15, -0.1) is 0 Å². The molecule has 1 unspecified atom stereocenters. The van der Waals surface area contributed by atoms with Crippen molar-refractivity contribution in [2.24, 2.45) is 0 Å². The van der Waals surface area contributed by atoms with E-state index in [1.54, 1.807) is 0 Å². The van der Waals surface area contributed by atoms with Crippen LogP contribution in [0.5, 0.6) is 0 Å². The third-order valence-corrected chi connectivity index (χ3v) is 5.16. The van der Waals surface area contributed by atoms with Crippen molar-refractivity contribution in [3.63, 3.8) is 0 Å². The average Bonchev–Trinajstić information content (AvgIpc) is 2.41. The quantitative estimate of drug-likeness (QED) is 0.478. The third-order valence-electron chi connectivity index (χ3n) is 3.06. The molecule has 0 saturated heterocycles. The lowest BCUT2D eigenvalue weighted by molar-refractivity contribution is -0.128. The second-order valence-corrected chi connectivity index (χ2v) is 6.69. The lowest BCUT2D eigenvalue weighted by Gasteiger charge is -2.16. The summed E-state index contributed by atoms with van der Waals surface area (Å²) >= 11 is 0. The molecule has 1 amide bonds. The maximum atomic E-state index is 13.2. The summed E-state index contributed by atoms with van der Waals surface area (Å²) in [6, 6.07) is 3.37. The molecule has 0 fully saturated rings. The van der Waals surface area contributed by atoms with E-state index in [2.05, 4.69) is 0 Å². The zero-order chi connectivity index (χ0) is 15.3. The molecule has 112 valence electrons. The van der Waals surface area contributed by atoms with Gasteiger partial charge in [0.15, 0.2) is 9.84 Å². The smallest absolute Gasteiger partial charge is 0.262 e. The number of sulfone groups is 1. The first-order valence-electron chi connectivity index (χ1n) is 6.28. The lowest BCUT2D eigenvalue weighted by atomic mass is 10.2. The summed E-state index contributed by atoms with van der Waals surface area (Å²) in [6.45, 7) is 3.31. The molecule has 0 aromatic heterocycles. The molecule has 0 bridgehead atoms. The monoisotopic (exact) mass is 303 g/mol. The fourth-order valence-corrected chi connectivity index (χ4v) is 3.59. The Bertz CT molecular complexity index is 586. The van der Waals surface area contributed by atoms with Crippen LogP contribution in [0, 0.1) is 12.7 Å². The Hall–Kier alpha value is -1.47. The van der Waals surface area contributed by atoms with Gasteiger partial charge in [0, 0.05) is 0 Å². The Morgan fingerprint density at radius 1 is 1.45 bits per heavy atom. The summed E-state index contributed by atoms with van der Waals surface area (Å²) in [6.07, 6.45) is 1.34. The van der Waals surface area contributed by atoms with Crippen LogP contribution < -0.4 is 5.48 Å². The van der Waals surface area contributed by atoms with Crippen LogP contribution in [-0.2, 0) is 14.6 Å². The van der Waals surface area contributed by atoms with Gasteiger partial charge in [0.25, 0.3) is 5.91 Å². The number of hydroxylamine groups is 1. The van der Waals surface area contributed by atoms with Crippen LogP contribution in [0.2, 0.25) is 0 Å². The van der Waals surface area contributed by atoms with Gasteiger partial charge in [-0.25, -0.2) is 18.3 Å². The summed E-state index contributed by atoms with van der Waals surface area (Å²) in [5.41, 5.74) is 1.57. The number of carbonyl (C=O) groups is 1. The minimum absolute atomic E-state index is 0.0989. The lowest BCUT2D eigenvalue weighted by Crippen LogP contribution is -2.38. The highest BCUT2D eigenvalue weighted by Crippen LogP contribution is 2.22. The van der Waals surface area contributed by atoms with Crippen molar-refractivity contribution in [1.29, 1.82) is 0 Å². The Kier molecular flexibility index (Phi) is 5.64. The second kappa shape index (κ2) is 6.81. The van der Waals surface area contributed by atoms with Crippen molar-refractivity contribution >= 4 is 15.7 Å². The largest absolute Gasteiger partial charge is 0.289 e. The number of halogens is 1. The molecule has 0 saturated carbocycles. The van der Waals surface area contributed by atoms with E-state index in [0.29, 0.717) is 12.8 Å². The molecule has 20 heavy (non-hydrogen) atoms. The Morgan fingerprint density at radius 2 is 2.10 bits per heavy atom. The first-order valence-corrected chi connectivity index (χ1v) is 7.83. The van der Waals surface area contributed by atoms with Crippen LogP contribution in [0.4, 0.5) is 4.39 Å². The van der Waals surface area contributed by atoms with Crippen LogP contribution in [-0.4, -0.2) is 24.8 Å². The second-order valence-electron chi connectivity index (χ2n) is 4.56. The predicted octanol–water partition coefficient (Wildman–Crippen LogP) is 1.97. The van der Waals surface area contributed by atoms with Gasteiger partial charge in [-0.05, 0) is 37.1 Å². The fraction of sp³-hybridized carbons (Fsp3) is 0.462. The standard InChI is InChI=1S/C13H18FNO4S/c1-3-4-5-12(13(16)15-17)20(18,19)10-6-7-11(14)9(2)8-10/h6-8,12,17H,3-5H2,1-2H3,(H,15,16). The molecule has 5 nitrogen and oxygen atoms in total. The maximum absolute atomic E-state index is 13.2. The number of aryl methyl sites for hydroxylation is 1. The van der Waals surface area contributed by atoms with E-state index >= 15 is 0 Å². The summed E-state index contributed by atoms with van der Waals surface area (Å²) in [4.78, 5) is 11.5. The van der Waals surface area contributed by atoms with Gasteiger partial charge in [-0.1, -0.05) is 19.8 Å². The van der Waals surface area contributed by atoms with E-state index in [0.717, 1.165) is 12.1 Å². The van der Waals surface area contributed by atoms with Crippen molar-refractivity contribution in [3.05, 3.63) is 29.6 Å². The number of hydrogen-bond acceptors (Lipinski definition) is 4. The van der Waals surface area contributed by atoms with E-state index in [1.165, 1.54) is 18.5 Å². The first kappa shape index (κ1) is 16.6. The molecule has 0 radical (unpaired) electrons. The average molecular weight is 303 g/mol. The highest BCUT2D eigenvalue weighted by molar-refractivity contribution is 7.92. The van der Waals surface area contributed by atoms with Crippen LogP contribution in [0.25, 0.3) is 0 Å². The third kappa shape index (κ3) is 3.55. The van der Waals surface area contributed by atoms with Crippen molar-refractivity contribution in [2.45, 2.75) is 43.3 Å². The minimum Gasteiger partial charge on any atom is -0.289 e. The first-order chi connectivity index (χ1) is 9.34. The van der Waals surface area contributed by atoms with Crippen LogP contribution in [0.15, 0.2) is 23.1 Å². The molecular weight excluding hydrogens is 285 g/mol. The number of carbonyl (C=O) groups excluding carboxylic acids is 1. The van der Waals surface area contributed by atoms with Crippen LogP contribution in [0.3, 0.4) is 0 Å². The van der Waals surface area contributed by atoms with E-state index in [4.69, 9.17) is 5.21 Å². The summed E-state index contributed by atoms with van der Waals surface area (Å²) in [5.74, 6) is -1.49. The molecule has 1 aromatic carbocycles. The van der Waals surface area contributed by atoms with Crippen LogP contribution >= 0.6 is 0 Å². The summed E-state index contributed by atoms with van der Waals surface area (Å²) < 4.78 is 38.0. The molecule has 1 rings (SSSR count). The molecular formula is C13H18FNO4S. The summed E-state index contributed by atoms with van der Waals surface area (Å²) in [5, 5.41) is 7.31. The van der Waals surface area contributed by atoms with Crippen molar-refractivity contribution in [2.75, 3.05) is 0 Å². The van der Waals surface area contributed by atoms with Crippen molar-refractivity contribution in [1.82, 2.24) is 5.48 Å². The normalized spacial score (nSPS) is 13.0. The number of nitrogens with one attached hydrogen (secondary N) is 1. The van der Waals surface area contributed by atoms with E-state index in [1.807, 2.05) is 6.92 Å². The van der Waals surface area contributed by atoms with Gasteiger partial charge in [0.2, 0.25) is 0 Å². The molecule has 0 spiro atoms. The molecule has 1 atom stereocenters. The zero-order valence-corrected chi connectivity index (χ0v) is 12.2. The molecule has 0 aliphatic carbocycles. The zero-order valence-electron chi connectivity index (χ0n) is 11.4. The Labute approximate surface area is 117 Å².